The van der Waals surface area contributed by atoms with Gasteiger partial charge in [0.15, 0.2) is 0 Å². The van der Waals surface area contributed by atoms with Gasteiger partial charge in [0.2, 0.25) is 0 Å². The summed E-state index contributed by atoms with van der Waals surface area (Å²) in [5.41, 5.74) is 7.54. The van der Waals surface area contributed by atoms with Crippen LogP contribution in [-0.2, 0) is 0 Å². The number of aliphatic hydroxyl groups is 1. The van der Waals surface area contributed by atoms with Gasteiger partial charge in [-0.25, -0.2) is 0 Å². The van der Waals surface area contributed by atoms with Crippen LogP contribution < -0.4 is 11.1 Å². The van der Waals surface area contributed by atoms with Gasteiger partial charge in [-0.1, -0.05) is 13.8 Å². The molecule has 0 unspecified atom stereocenters. The maximum Gasteiger partial charge on any atom is 0.251 e. The van der Waals surface area contributed by atoms with E-state index in [4.69, 9.17) is 10.8 Å². The highest BCUT2D eigenvalue weighted by Crippen LogP contribution is 2.14. The highest BCUT2D eigenvalue weighted by Gasteiger charge is 2.18. The number of aryl methyl sites for hydroxylation is 1. The van der Waals surface area contributed by atoms with Crippen LogP contribution in [0, 0.1) is 12.3 Å². The van der Waals surface area contributed by atoms with Gasteiger partial charge in [-0.2, -0.15) is 0 Å². The third-order valence-corrected chi connectivity index (χ3v) is 2.69. The second-order valence-corrected chi connectivity index (χ2v) is 5.08. The van der Waals surface area contributed by atoms with Crippen molar-refractivity contribution < 1.29 is 9.90 Å². The fourth-order valence-corrected chi connectivity index (χ4v) is 1.29. The van der Waals surface area contributed by atoms with Crippen molar-refractivity contribution in [2.75, 3.05) is 18.9 Å². The van der Waals surface area contributed by atoms with E-state index in [1.165, 1.54) is 0 Å². The van der Waals surface area contributed by atoms with Gasteiger partial charge in [0.1, 0.15) is 0 Å². The van der Waals surface area contributed by atoms with Gasteiger partial charge in [-0.3, -0.25) is 4.79 Å². The van der Waals surface area contributed by atoms with Crippen LogP contribution in [-0.4, -0.2) is 24.2 Å². The van der Waals surface area contributed by atoms with E-state index in [0.29, 0.717) is 17.8 Å². The second kappa shape index (κ2) is 5.19. The molecule has 0 radical (unpaired) electrons. The Kier molecular flexibility index (Phi) is 4.12. The van der Waals surface area contributed by atoms with Crippen LogP contribution in [0.25, 0.3) is 0 Å². The maximum atomic E-state index is 11.8. The number of carbonyl (C=O) groups excluding carboxylic acids is 1. The smallest absolute Gasteiger partial charge is 0.251 e. The quantitative estimate of drug-likeness (QED) is 0.690. The maximum absolute atomic E-state index is 11.8. The Labute approximate surface area is 102 Å². The van der Waals surface area contributed by atoms with Crippen molar-refractivity contribution in [3.8, 4) is 0 Å². The molecule has 4 N–H and O–H groups in total. The molecule has 4 heteroatoms. The highest BCUT2D eigenvalue weighted by atomic mass is 16.3. The predicted molar refractivity (Wildman–Crippen MR) is 68.8 cm³/mol. The fourth-order valence-electron chi connectivity index (χ4n) is 1.29. The first kappa shape index (κ1) is 13.5. The molecule has 0 saturated heterocycles. The lowest BCUT2D eigenvalue weighted by Gasteiger charge is -2.21. The number of nitrogen functional groups attached to an aromatic ring is 1. The number of nitrogens with two attached hydrogens (primary N) is 1. The Morgan fingerprint density at radius 1 is 1.47 bits per heavy atom. The molecule has 0 fully saturated rings. The van der Waals surface area contributed by atoms with Crippen LogP contribution in [0.4, 0.5) is 5.69 Å². The molecule has 0 aliphatic rings. The normalized spacial score (nSPS) is 11.3. The van der Waals surface area contributed by atoms with Crippen molar-refractivity contribution in [3.63, 3.8) is 0 Å². The van der Waals surface area contributed by atoms with Crippen molar-refractivity contribution in [3.05, 3.63) is 29.3 Å². The number of amides is 1. The molecule has 1 rings (SSSR count). The topological polar surface area (TPSA) is 75.3 Å². The zero-order valence-electron chi connectivity index (χ0n) is 10.6. The average molecular weight is 236 g/mol. The summed E-state index contributed by atoms with van der Waals surface area (Å²) in [6, 6.07) is 5.18. The minimum absolute atomic E-state index is 0.0358. The van der Waals surface area contributed by atoms with E-state index in [1.54, 1.807) is 18.2 Å². The summed E-state index contributed by atoms with van der Waals surface area (Å²) < 4.78 is 0. The van der Waals surface area contributed by atoms with Crippen molar-refractivity contribution in [2.24, 2.45) is 5.41 Å². The van der Waals surface area contributed by atoms with E-state index in [9.17, 15) is 4.79 Å². The molecular formula is C13H20N2O2. The van der Waals surface area contributed by atoms with E-state index in [1.807, 2.05) is 20.8 Å². The summed E-state index contributed by atoms with van der Waals surface area (Å²) >= 11 is 0. The van der Waals surface area contributed by atoms with E-state index in [-0.39, 0.29) is 17.9 Å². The molecule has 0 atom stereocenters. The molecule has 0 spiro atoms. The third-order valence-electron chi connectivity index (χ3n) is 2.69. The molecule has 4 nitrogen and oxygen atoms in total. The van der Waals surface area contributed by atoms with Gasteiger partial charge in [0, 0.05) is 29.8 Å². The van der Waals surface area contributed by atoms with E-state index >= 15 is 0 Å². The second-order valence-electron chi connectivity index (χ2n) is 5.08. The molecule has 0 aliphatic heterocycles. The molecule has 0 aliphatic carbocycles. The SMILES string of the molecule is Cc1cc(C(=O)NCC(C)(C)CO)ccc1N. The Balaban J connectivity index is 2.68. The first-order valence-electron chi connectivity index (χ1n) is 5.61. The zero-order chi connectivity index (χ0) is 13.1. The zero-order valence-corrected chi connectivity index (χ0v) is 10.6. The molecule has 1 aromatic carbocycles. The monoisotopic (exact) mass is 236 g/mol. The lowest BCUT2D eigenvalue weighted by atomic mass is 9.95. The fraction of sp³-hybridized carbons (Fsp3) is 0.462. The summed E-state index contributed by atoms with van der Waals surface area (Å²) in [6.45, 7) is 6.12. The average Bonchev–Trinajstić information content (AvgIpc) is 2.30. The number of anilines is 1. The summed E-state index contributed by atoms with van der Waals surface area (Å²) in [6.07, 6.45) is 0. The predicted octanol–water partition coefficient (Wildman–Crippen LogP) is 1.33. The number of hydrogen-bond donors (Lipinski definition) is 3. The Morgan fingerprint density at radius 3 is 2.65 bits per heavy atom. The van der Waals surface area contributed by atoms with Gasteiger partial charge in [-0.15, -0.1) is 0 Å². The van der Waals surface area contributed by atoms with Gasteiger partial charge >= 0.3 is 0 Å². The number of nitrogens with one attached hydrogen (secondary N) is 1. The van der Waals surface area contributed by atoms with Crippen LogP contribution >= 0.6 is 0 Å². The lowest BCUT2D eigenvalue weighted by Crippen LogP contribution is -2.36. The van der Waals surface area contributed by atoms with Crippen LogP contribution in [0.3, 0.4) is 0 Å². The molecule has 94 valence electrons. The van der Waals surface area contributed by atoms with Crippen molar-refractivity contribution in [1.82, 2.24) is 5.32 Å². The first-order valence-corrected chi connectivity index (χ1v) is 5.61. The minimum atomic E-state index is -0.307. The molecule has 0 aromatic heterocycles. The molecule has 0 bridgehead atoms. The molecule has 1 amide bonds. The number of rotatable bonds is 4. The highest BCUT2D eigenvalue weighted by molar-refractivity contribution is 5.94. The van der Waals surface area contributed by atoms with Crippen LogP contribution in [0.1, 0.15) is 29.8 Å². The van der Waals surface area contributed by atoms with Gasteiger partial charge in [0.25, 0.3) is 5.91 Å². The van der Waals surface area contributed by atoms with Crippen molar-refractivity contribution >= 4 is 11.6 Å². The van der Waals surface area contributed by atoms with E-state index in [0.717, 1.165) is 5.56 Å². The first-order chi connectivity index (χ1) is 7.85. The van der Waals surface area contributed by atoms with Crippen molar-refractivity contribution in [2.45, 2.75) is 20.8 Å². The van der Waals surface area contributed by atoms with Gasteiger partial charge < -0.3 is 16.2 Å². The number of carbonyl (C=O) groups is 1. The molecule has 1 aromatic rings. The lowest BCUT2D eigenvalue weighted by molar-refractivity contribution is 0.0911. The van der Waals surface area contributed by atoms with E-state index in [2.05, 4.69) is 5.32 Å². The van der Waals surface area contributed by atoms with Crippen LogP contribution in [0.5, 0.6) is 0 Å². The van der Waals surface area contributed by atoms with E-state index < -0.39 is 0 Å². The Morgan fingerprint density at radius 2 is 2.12 bits per heavy atom. The standard InChI is InChI=1S/C13H20N2O2/c1-9-6-10(4-5-11(9)14)12(17)15-7-13(2,3)8-16/h4-6,16H,7-8,14H2,1-3H3,(H,15,17). The minimum Gasteiger partial charge on any atom is -0.399 e. The Bertz CT molecular complexity index is 414. The summed E-state index contributed by atoms with van der Waals surface area (Å²) in [5.74, 6) is -0.144. The van der Waals surface area contributed by atoms with Crippen molar-refractivity contribution in [1.29, 1.82) is 0 Å². The summed E-state index contributed by atoms with van der Waals surface area (Å²) in [4.78, 5) is 11.8. The third kappa shape index (κ3) is 3.75. The number of aliphatic hydroxyl groups excluding tert-OH is 1. The largest absolute Gasteiger partial charge is 0.399 e. The molecule has 0 heterocycles. The van der Waals surface area contributed by atoms with Crippen LogP contribution in [0.2, 0.25) is 0 Å². The summed E-state index contributed by atoms with van der Waals surface area (Å²) in [5, 5.41) is 11.9. The Hall–Kier alpha value is -1.55. The molecule has 17 heavy (non-hydrogen) atoms. The van der Waals surface area contributed by atoms with Gasteiger partial charge in [-0.05, 0) is 30.7 Å². The number of benzene rings is 1. The number of hydrogen-bond acceptors (Lipinski definition) is 3. The summed E-state index contributed by atoms with van der Waals surface area (Å²) in [7, 11) is 0. The molecular weight excluding hydrogens is 216 g/mol. The van der Waals surface area contributed by atoms with Gasteiger partial charge in [0.05, 0.1) is 0 Å². The van der Waals surface area contributed by atoms with Crippen LogP contribution in [0.15, 0.2) is 18.2 Å². The molecule has 0 saturated carbocycles.